The maximum Gasteiger partial charge on any atom is 0.254 e. The van der Waals surface area contributed by atoms with Gasteiger partial charge in [0.1, 0.15) is 0 Å². The lowest BCUT2D eigenvalue weighted by Crippen LogP contribution is -2.45. The Morgan fingerprint density at radius 2 is 1.37 bits per heavy atom. The SMILES string of the molecule is O=C(c1cccc2ccccc12)N1CCC(C(=O)N(CCc2ccccc2)c2ccccc2)CC1. The Balaban J connectivity index is 1.27. The summed E-state index contributed by atoms with van der Waals surface area (Å²) < 4.78 is 0. The number of carbonyl (C=O) groups excluding carboxylic acids is 2. The summed E-state index contributed by atoms with van der Waals surface area (Å²) in [6, 6.07) is 34.1. The summed E-state index contributed by atoms with van der Waals surface area (Å²) in [6.07, 6.45) is 2.17. The summed E-state index contributed by atoms with van der Waals surface area (Å²) in [5.74, 6) is 0.128. The van der Waals surface area contributed by atoms with Crippen LogP contribution in [0.3, 0.4) is 0 Å². The summed E-state index contributed by atoms with van der Waals surface area (Å²) in [5.41, 5.74) is 2.89. The molecule has 0 aromatic heterocycles. The molecule has 0 saturated carbocycles. The van der Waals surface area contributed by atoms with Gasteiger partial charge >= 0.3 is 0 Å². The summed E-state index contributed by atoms with van der Waals surface area (Å²) in [5, 5.41) is 2.05. The number of rotatable bonds is 6. The average Bonchev–Trinajstić information content (AvgIpc) is 2.93. The van der Waals surface area contributed by atoms with E-state index in [9.17, 15) is 9.59 Å². The third kappa shape index (κ3) is 5.12. The molecule has 0 N–H and O–H groups in total. The van der Waals surface area contributed by atoms with E-state index in [4.69, 9.17) is 0 Å². The van der Waals surface area contributed by atoms with Crippen molar-refractivity contribution in [1.29, 1.82) is 0 Å². The lowest BCUT2D eigenvalue weighted by atomic mass is 9.93. The Kier molecular flexibility index (Phi) is 6.89. The molecule has 1 saturated heterocycles. The van der Waals surface area contributed by atoms with Crippen LogP contribution >= 0.6 is 0 Å². The fraction of sp³-hybridized carbons (Fsp3) is 0.226. The van der Waals surface area contributed by atoms with E-state index in [1.54, 1.807) is 0 Å². The van der Waals surface area contributed by atoms with Gasteiger partial charge in [-0.2, -0.15) is 0 Å². The predicted octanol–water partition coefficient (Wildman–Crippen LogP) is 5.97. The van der Waals surface area contributed by atoms with Crippen LogP contribution < -0.4 is 4.90 Å². The topological polar surface area (TPSA) is 40.6 Å². The molecule has 0 aliphatic carbocycles. The predicted molar refractivity (Wildman–Crippen MR) is 142 cm³/mol. The minimum atomic E-state index is -0.0810. The minimum absolute atomic E-state index is 0.0525. The first-order chi connectivity index (χ1) is 17.2. The Morgan fingerprint density at radius 3 is 2.11 bits per heavy atom. The molecule has 1 heterocycles. The van der Waals surface area contributed by atoms with Crippen molar-refractivity contribution >= 4 is 28.3 Å². The Bertz CT molecular complexity index is 1290. The number of nitrogens with zero attached hydrogens (tertiary/aromatic N) is 2. The number of carbonyl (C=O) groups is 2. The van der Waals surface area contributed by atoms with Crippen molar-refractivity contribution in [2.24, 2.45) is 5.92 Å². The number of anilines is 1. The molecule has 35 heavy (non-hydrogen) atoms. The van der Waals surface area contributed by atoms with E-state index >= 15 is 0 Å². The van der Waals surface area contributed by atoms with Crippen molar-refractivity contribution < 1.29 is 9.59 Å². The van der Waals surface area contributed by atoms with Crippen LogP contribution in [0.1, 0.15) is 28.8 Å². The second-order valence-corrected chi connectivity index (χ2v) is 9.15. The number of fused-ring (bicyclic) bond motifs is 1. The summed E-state index contributed by atoms with van der Waals surface area (Å²) in [7, 11) is 0. The fourth-order valence-electron chi connectivity index (χ4n) is 4.99. The highest BCUT2D eigenvalue weighted by molar-refractivity contribution is 6.07. The van der Waals surface area contributed by atoms with Gasteiger partial charge in [-0.3, -0.25) is 9.59 Å². The van der Waals surface area contributed by atoms with Crippen molar-refractivity contribution in [1.82, 2.24) is 4.90 Å². The number of piperidine rings is 1. The third-order valence-electron chi connectivity index (χ3n) is 6.95. The van der Waals surface area contributed by atoms with Gasteiger partial charge in [0, 0.05) is 36.8 Å². The van der Waals surface area contributed by atoms with Crippen LogP contribution in [0.2, 0.25) is 0 Å². The van der Waals surface area contributed by atoms with Gasteiger partial charge in [-0.05, 0) is 53.8 Å². The largest absolute Gasteiger partial charge is 0.339 e. The highest BCUT2D eigenvalue weighted by atomic mass is 16.2. The molecule has 0 radical (unpaired) electrons. The number of para-hydroxylation sites is 1. The van der Waals surface area contributed by atoms with Gasteiger partial charge in [0.25, 0.3) is 5.91 Å². The lowest BCUT2D eigenvalue weighted by molar-refractivity contribution is -0.123. The van der Waals surface area contributed by atoms with E-state index in [-0.39, 0.29) is 17.7 Å². The van der Waals surface area contributed by atoms with Gasteiger partial charge < -0.3 is 9.80 Å². The first-order valence-corrected chi connectivity index (χ1v) is 12.4. The van der Waals surface area contributed by atoms with Gasteiger partial charge in [0.15, 0.2) is 0 Å². The first kappa shape index (κ1) is 22.9. The van der Waals surface area contributed by atoms with Crippen LogP contribution in [0.5, 0.6) is 0 Å². The average molecular weight is 463 g/mol. The van der Waals surface area contributed by atoms with Gasteiger partial charge in [-0.1, -0.05) is 84.9 Å². The smallest absolute Gasteiger partial charge is 0.254 e. The molecule has 2 amide bonds. The summed E-state index contributed by atoms with van der Waals surface area (Å²) >= 11 is 0. The fourth-order valence-corrected chi connectivity index (χ4v) is 4.99. The zero-order valence-electron chi connectivity index (χ0n) is 19.8. The van der Waals surface area contributed by atoms with Gasteiger partial charge in [0.2, 0.25) is 5.91 Å². The second-order valence-electron chi connectivity index (χ2n) is 9.15. The Morgan fingerprint density at radius 1 is 0.743 bits per heavy atom. The van der Waals surface area contributed by atoms with E-state index < -0.39 is 0 Å². The molecule has 1 aliphatic heterocycles. The number of benzene rings is 4. The molecule has 0 bridgehead atoms. The quantitative estimate of drug-likeness (QED) is 0.354. The van der Waals surface area contributed by atoms with E-state index in [0.717, 1.165) is 28.4 Å². The van der Waals surface area contributed by atoms with Crippen LogP contribution in [-0.4, -0.2) is 36.3 Å². The number of likely N-dealkylation sites (tertiary alicyclic amines) is 1. The first-order valence-electron chi connectivity index (χ1n) is 12.4. The number of hydrogen-bond acceptors (Lipinski definition) is 2. The van der Waals surface area contributed by atoms with Crippen LogP contribution in [-0.2, 0) is 11.2 Å². The van der Waals surface area contributed by atoms with Crippen molar-refractivity contribution in [3.63, 3.8) is 0 Å². The van der Waals surface area contributed by atoms with Crippen molar-refractivity contribution in [2.45, 2.75) is 19.3 Å². The van der Waals surface area contributed by atoms with Crippen molar-refractivity contribution in [3.05, 3.63) is 114 Å². The maximum atomic E-state index is 13.7. The van der Waals surface area contributed by atoms with Crippen LogP contribution in [0.4, 0.5) is 5.69 Å². The molecular formula is C31H30N2O2. The van der Waals surface area contributed by atoms with Crippen LogP contribution in [0, 0.1) is 5.92 Å². The summed E-state index contributed by atoms with van der Waals surface area (Å²) in [6.45, 7) is 1.83. The lowest BCUT2D eigenvalue weighted by Gasteiger charge is -2.34. The molecule has 176 valence electrons. The van der Waals surface area contributed by atoms with Crippen LogP contribution in [0.25, 0.3) is 10.8 Å². The van der Waals surface area contributed by atoms with E-state index in [1.807, 2.05) is 101 Å². The number of hydrogen-bond donors (Lipinski definition) is 0. The Labute approximate surface area is 206 Å². The van der Waals surface area contributed by atoms with E-state index in [2.05, 4.69) is 12.1 Å². The molecular weight excluding hydrogens is 432 g/mol. The van der Waals surface area contributed by atoms with Gasteiger partial charge in [-0.25, -0.2) is 0 Å². The zero-order chi connectivity index (χ0) is 24.0. The highest BCUT2D eigenvalue weighted by Gasteiger charge is 2.31. The minimum Gasteiger partial charge on any atom is -0.339 e. The molecule has 0 unspecified atom stereocenters. The second kappa shape index (κ2) is 10.6. The monoisotopic (exact) mass is 462 g/mol. The van der Waals surface area contributed by atoms with Crippen molar-refractivity contribution in [2.75, 3.05) is 24.5 Å². The van der Waals surface area contributed by atoms with E-state index in [0.29, 0.717) is 32.5 Å². The molecule has 0 spiro atoms. The molecule has 0 atom stereocenters. The molecule has 1 fully saturated rings. The normalized spacial score (nSPS) is 14.1. The maximum absolute atomic E-state index is 13.7. The third-order valence-corrected chi connectivity index (χ3v) is 6.95. The highest BCUT2D eigenvalue weighted by Crippen LogP contribution is 2.26. The molecule has 4 aromatic rings. The number of amides is 2. The van der Waals surface area contributed by atoms with Gasteiger partial charge in [-0.15, -0.1) is 0 Å². The van der Waals surface area contributed by atoms with Crippen LogP contribution in [0.15, 0.2) is 103 Å². The van der Waals surface area contributed by atoms with Crippen molar-refractivity contribution in [3.8, 4) is 0 Å². The molecule has 4 nitrogen and oxygen atoms in total. The molecule has 5 rings (SSSR count). The van der Waals surface area contributed by atoms with Gasteiger partial charge in [0.05, 0.1) is 0 Å². The molecule has 1 aliphatic rings. The zero-order valence-corrected chi connectivity index (χ0v) is 19.8. The standard InChI is InChI=1S/C31H30N2O2/c34-30(33(27-14-5-2-6-15-27)23-18-24-10-3-1-4-11-24)26-19-21-32(22-20-26)31(35)29-17-9-13-25-12-7-8-16-28(25)29/h1-17,26H,18-23H2. The summed E-state index contributed by atoms with van der Waals surface area (Å²) in [4.78, 5) is 30.8. The van der Waals surface area contributed by atoms with E-state index in [1.165, 1.54) is 5.56 Å². The molecule has 4 aromatic carbocycles. The Hall–Kier alpha value is -3.92. The molecule has 4 heteroatoms.